The van der Waals surface area contributed by atoms with Gasteiger partial charge in [-0.05, 0) is 30.3 Å². The molecule has 0 aliphatic rings. The summed E-state index contributed by atoms with van der Waals surface area (Å²) < 4.78 is 4.63. The number of hydrogen-bond donors (Lipinski definition) is 0. The van der Waals surface area contributed by atoms with Crippen LogP contribution in [-0.4, -0.2) is 20.3 Å². The largest absolute Gasteiger partial charge is 0.298 e. The average molecular weight is 339 g/mol. The van der Waals surface area contributed by atoms with Gasteiger partial charge in [-0.3, -0.25) is 13.3 Å². The molecule has 3 aromatic rings. The number of carbonyl (C=O) groups excluding carboxylic acids is 1. The van der Waals surface area contributed by atoms with E-state index in [0.717, 1.165) is 21.3 Å². The maximum atomic E-state index is 12.4. The molecule has 2 aromatic carbocycles. The number of benzene rings is 2. The van der Waals surface area contributed by atoms with Crippen LogP contribution in [0.1, 0.15) is 4.79 Å². The van der Waals surface area contributed by atoms with Gasteiger partial charge in [-0.2, -0.15) is 0 Å². The highest BCUT2D eigenvalue weighted by Crippen LogP contribution is 2.26. The third kappa shape index (κ3) is 2.55. The number of carbonyl (C=O) groups is 1. The Morgan fingerprint density at radius 2 is 1.86 bits per heavy atom. The molecule has 0 N–H and O–H groups in total. The van der Waals surface area contributed by atoms with E-state index in [4.69, 9.17) is 23.2 Å². The standard InChI is InChI=1S/C15H12Cl2N2OS/c1-18-11-4-2-3-5-12(11)19(15(20)9-16)13-8-10(17)6-7-14(13)21-18/h2-8H,9H2,1H3. The number of aryl methyl sites for hydroxylation is 1. The first-order valence-electron chi connectivity index (χ1n) is 6.31. The quantitative estimate of drug-likeness (QED) is 0.582. The van der Waals surface area contributed by atoms with Gasteiger partial charge >= 0.3 is 0 Å². The molecule has 0 atom stereocenters. The minimum Gasteiger partial charge on any atom is -0.298 e. The zero-order valence-electron chi connectivity index (χ0n) is 11.2. The molecule has 0 aliphatic heterocycles. The van der Waals surface area contributed by atoms with Gasteiger partial charge in [0, 0.05) is 12.1 Å². The third-order valence-electron chi connectivity index (χ3n) is 3.22. The summed E-state index contributed by atoms with van der Waals surface area (Å²) in [7, 11) is 1.97. The molecule has 6 heteroatoms. The van der Waals surface area contributed by atoms with E-state index in [9.17, 15) is 4.79 Å². The minimum atomic E-state index is -0.177. The zero-order valence-corrected chi connectivity index (χ0v) is 13.5. The van der Waals surface area contributed by atoms with Crippen molar-refractivity contribution in [3.63, 3.8) is 0 Å². The molecular weight excluding hydrogens is 327 g/mol. The summed E-state index contributed by atoms with van der Waals surface area (Å²) in [5.41, 5.74) is 2.52. The Hall–Kier alpha value is -1.49. The zero-order chi connectivity index (χ0) is 15.0. The second kappa shape index (κ2) is 5.72. The van der Waals surface area contributed by atoms with Crippen LogP contribution < -0.4 is 0 Å². The van der Waals surface area contributed by atoms with Gasteiger partial charge in [0.2, 0.25) is 5.91 Å². The van der Waals surface area contributed by atoms with E-state index < -0.39 is 0 Å². The molecule has 3 nitrogen and oxygen atoms in total. The van der Waals surface area contributed by atoms with Crippen LogP contribution in [-0.2, 0) is 7.05 Å². The van der Waals surface area contributed by atoms with Crippen molar-refractivity contribution in [2.24, 2.45) is 7.05 Å². The summed E-state index contributed by atoms with van der Waals surface area (Å²) in [4.78, 5) is 12.4. The molecule has 0 radical (unpaired) electrons. The minimum absolute atomic E-state index is 0.0886. The van der Waals surface area contributed by atoms with E-state index in [1.165, 1.54) is 0 Å². The molecule has 1 aromatic heterocycles. The number of para-hydroxylation sites is 2. The van der Waals surface area contributed by atoms with Crippen LogP contribution in [0.3, 0.4) is 0 Å². The Kier molecular flexibility index (Phi) is 3.93. The maximum absolute atomic E-state index is 12.4. The van der Waals surface area contributed by atoms with Crippen LogP contribution in [0, 0.1) is 0 Å². The Morgan fingerprint density at radius 3 is 2.57 bits per heavy atom. The number of fused-ring (bicyclic) bond motifs is 2. The predicted octanol–water partition coefficient (Wildman–Crippen LogP) is 4.85. The highest BCUT2D eigenvalue weighted by atomic mass is 35.5. The molecule has 0 spiro atoms. The Balaban J connectivity index is 2.65. The summed E-state index contributed by atoms with van der Waals surface area (Å²) in [6, 6.07) is 13.3. The first kappa shape index (κ1) is 14.4. The lowest BCUT2D eigenvalue weighted by atomic mass is 10.2. The first-order valence-corrected chi connectivity index (χ1v) is 7.99. The van der Waals surface area contributed by atoms with Crippen molar-refractivity contribution in [3.05, 3.63) is 47.5 Å². The van der Waals surface area contributed by atoms with Gasteiger partial charge in [-0.15, -0.1) is 11.6 Å². The van der Waals surface area contributed by atoms with Gasteiger partial charge in [-0.25, -0.2) is 0 Å². The van der Waals surface area contributed by atoms with E-state index >= 15 is 0 Å². The fourth-order valence-electron chi connectivity index (χ4n) is 2.32. The van der Waals surface area contributed by atoms with Crippen LogP contribution in [0.25, 0.3) is 21.3 Å². The normalized spacial score (nSPS) is 11.0. The highest BCUT2D eigenvalue weighted by Gasteiger charge is 2.12. The van der Waals surface area contributed by atoms with Crippen LogP contribution >= 0.6 is 34.7 Å². The monoisotopic (exact) mass is 338 g/mol. The number of alkyl halides is 1. The van der Waals surface area contributed by atoms with Crippen molar-refractivity contribution in [3.8, 4) is 0 Å². The third-order valence-corrected chi connectivity index (χ3v) is 4.70. The van der Waals surface area contributed by atoms with Gasteiger partial charge in [-0.1, -0.05) is 35.3 Å². The molecule has 0 bridgehead atoms. The lowest BCUT2D eigenvalue weighted by molar-refractivity contribution is 0.0949. The highest BCUT2D eigenvalue weighted by molar-refractivity contribution is 7.13. The van der Waals surface area contributed by atoms with Crippen LogP contribution in [0.4, 0.5) is 0 Å². The Labute approximate surface area is 135 Å². The predicted molar refractivity (Wildman–Crippen MR) is 90.3 cm³/mol. The molecular formula is C15H12Cl2N2OS. The lowest BCUT2D eigenvalue weighted by Gasteiger charge is -2.08. The SMILES string of the molecule is Cn1sc2ccc(Cl)cc2n(C(=O)CCl)c2ccccc21. The summed E-state index contributed by atoms with van der Waals surface area (Å²) in [5.74, 6) is -0.266. The fraction of sp³-hybridized carbons (Fsp3) is 0.133. The van der Waals surface area contributed by atoms with Crippen LogP contribution in [0.5, 0.6) is 0 Å². The van der Waals surface area contributed by atoms with Crippen molar-refractivity contribution in [2.45, 2.75) is 0 Å². The van der Waals surface area contributed by atoms with Crippen molar-refractivity contribution in [1.82, 2.24) is 8.52 Å². The average Bonchev–Trinajstić information content (AvgIpc) is 2.61. The van der Waals surface area contributed by atoms with Crippen LogP contribution in [0.2, 0.25) is 5.02 Å². The molecule has 0 aliphatic carbocycles. The Bertz CT molecular complexity index is 890. The van der Waals surface area contributed by atoms with Crippen molar-refractivity contribution in [1.29, 1.82) is 0 Å². The second-order valence-electron chi connectivity index (χ2n) is 4.55. The molecule has 108 valence electrons. The number of rotatable bonds is 1. The van der Waals surface area contributed by atoms with Crippen LogP contribution in [0.15, 0.2) is 42.5 Å². The topological polar surface area (TPSA) is 26.9 Å². The molecule has 1 heterocycles. The first-order chi connectivity index (χ1) is 10.1. The lowest BCUT2D eigenvalue weighted by Crippen LogP contribution is -2.13. The second-order valence-corrected chi connectivity index (χ2v) is 6.43. The molecule has 0 amide bonds. The maximum Gasteiger partial charge on any atom is 0.246 e. The van der Waals surface area contributed by atoms with Crippen molar-refractivity contribution >= 4 is 61.9 Å². The van der Waals surface area contributed by atoms with E-state index in [0.29, 0.717) is 5.02 Å². The van der Waals surface area contributed by atoms with E-state index in [-0.39, 0.29) is 11.8 Å². The van der Waals surface area contributed by atoms with Crippen molar-refractivity contribution < 1.29 is 4.79 Å². The van der Waals surface area contributed by atoms with Gasteiger partial charge in [0.25, 0.3) is 0 Å². The van der Waals surface area contributed by atoms with E-state index in [1.807, 2.05) is 47.4 Å². The Morgan fingerprint density at radius 1 is 1.14 bits per heavy atom. The van der Waals surface area contributed by atoms with Gasteiger partial charge in [0.05, 0.1) is 21.3 Å². The van der Waals surface area contributed by atoms with Gasteiger partial charge in [0.1, 0.15) is 5.88 Å². The number of hydrogen-bond acceptors (Lipinski definition) is 2. The molecule has 0 saturated carbocycles. The number of halogens is 2. The molecule has 0 fully saturated rings. The van der Waals surface area contributed by atoms with E-state index in [2.05, 4.69) is 0 Å². The summed E-state index contributed by atoms with van der Waals surface area (Å²) in [6.07, 6.45) is 0. The smallest absolute Gasteiger partial charge is 0.246 e. The van der Waals surface area contributed by atoms with Crippen molar-refractivity contribution in [2.75, 3.05) is 5.88 Å². The summed E-state index contributed by atoms with van der Waals surface area (Å²) in [6.45, 7) is 0. The molecule has 3 rings (SSSR count). The molecule has 0 unspecified atom stereocenters. The van der Waals surface area contributed by atoms with Gasteiger partial charge in [0.15, 0.2) is 0 Å². The summed E-state index contributed by atoms with van der Waals surface area (Å²) in [5, 5.41) is 0.587. The van der Waals surface area contributed by atoms with E-state index in [1.54, 1.807) is 22.2 Å². The van der Waals surface area contributed by atoms with Gasteiger partial charge < -0.3 is 0 Å². The summed E-state index contributed by atoms with van der Waals surface area (Å²) >= 11 is 13.5. The number of aromatic nitrogens is 2. The molecule has 0 saturated heterocycles. The molecule has 21 heavy (non-hydrogen) atoms. The fourth-order valence-corrected chi connectivity index (χ4v) is 3.52. The number of nitrogens with zero attached hydrogens (tertiary/aromatic N) is 2.